The van der Waals surface area contributed by atoms with Crippen molar-refractivity contribution in [2.45, 2.75) is 51.6 Å². The highest BCUT2D eigenvalue weighted by Crippen LogP contribution is 2.41. The van der Waals surface area contributed by atoms with E-state index in [2.05, 4.69) is 67.7 Å². The van der Waals surface area contributed by atoms with Crippen LogP contribution in [0.25, 0.3) is 0 Å². The van der Waals surface area contributed by atoms with Crippen LogP contribution in [0.4, 0.5) is 0 Å². The van der Waals surface area contributed by atoms with Crippen LogP contribution in [0.5, 0.6) is 0 Å². The molecule has 0 amide bonds. The molecule has 1 N–H and O–H groups in total. The average molecular weight is 279 g/mol. The molecule has 2 aromatic rings. The monoisotopic (exact) mass is 279 g/mol. The van der Waals surface area contributed by atoms with Crippen LogP contribution in [0, 0.1) is 6.92 Å². The summed E-state index contributed by atoms with van der Waals surface area (Å²) >= 11 is 0. The minimum atomic E-state index is 0.442. The van der Waals surface area contributed by atoms with Crippen LogP contribution in [-0.2, 0) is 6.54 Å². The molecule has 1 atom stereocenters. The SMILES string of the molecule is CCC(NCc1ccccc1C1CC1)c1ccc(C)cc1. The minimum Gasteiger partial charge on any atom is -0.306 e. The van der Waals surface area contributed by atoms with E-state index in [1.807, 2.05) is 0 Å². The van der Waals surface area contributed by atoms with Crippen LogP contribution in [0.2, 0.25) is 0 Å². The Bertz CT molecular complexity index is 581. The highest BCUT2D eigenvalue weighted by Gasteiger charge is 2.25. The van der Waals surface area contributed by atoms with Gasteiger partial charge in [0.05, 0.1) is 0 Å². The van der Waals surface area contributed by atoms with Gasteiger partial charge in [0.15, 0.2) is 0 Å². The van der Waals surface area contributed by atoms with Gasteiger partial charge in [-0.3, -0.25) is 0 Å². The average Bonchev–Trinajstić information content (AvgIpc) is 3.35. The topological polar surface area (TPSA) is 12.0 Å². The summed E-state index contributed by atoms with van der Waals surface area (Å²) in [4.78, 5) is 0. The Morgan fingerprint density at radius 3 is 2.43 bits per heavy atom. The van der Waals surface area contributed by atoms with Crippen LogP contribution in [0.3, 0.4) is 0 Å². The lowest BCUT2D eigenvalue weighted by atomic mass is 10.0. The second-order valence-corrected chi connectivity index (χ2v) is 6.23. The predicted octanol–water partition coefficient (Wildman–Crippen LogP) is 5.11. The third kappa shape index (κ3) is 3.54. The van der Waals surface area contributed by atoms with Crippen LogP contribution in [-0.4, -0.2) is 0 Å². The molecule has 3 rings (SSSR count). The van der Waals surface area contributed by atoms with Crippen molar-refractivity contribution >= 4 is 0 Å². The summed E-state index contributed by atoms with van der Waals surface area (Å²) in [6.45, 7) is 5.37. The molecule has 1 fully saturated rings. The maximum atomic E-state index is 3.74. The molecule has 110 valence electrons. The molecule has 0 spiro atoms. The van der Waals surface area contributed by atoms with Gasteiger partial charge in [-0.05, 0) is 48.8 Å². The highest BCUT2D eigenvalue weighted by atomic mass is 14.9. The number of nitrogens with one attached hydrogen (secondary N) is 1. The van der Waals surface area contributed by atoms with Crippen molar-refractivity contribution in [3.05, 3.63) is 70.8 Å². The first-order valence-corrected chi connectivity index (χ1v) is 8.15. The third-order valence-corrected chi connectivity index (χ3v) is 4.50. The van der Waals surface area contributed by atoms with Crippen molar-refractivity contribution < 1.29 is 0 Å². The normalized spacial score (nSPS) is 15.9. The fourth-order valence-corrected chi connectivity index (χ4v) is 3.02. The summed E-state index contributed by atoms with van der Waals surface area (Å²) in [5, 5.41) is 3.74. The molecule has 1 aliphatic carbocycles. The number of hydrogen-bond acceptors (Lipinski definition) is 1. The largest absolute Gasteiger partial charge is 0.306 e. The van der Waals surface area contributed by atoms with Gasteiger partial charge in [-0.2, -0.15) is 0 Å². The predicted molar refractivity (Wildman–Crippen MR) is 89.5 cm³/mol. The molecule has 1 aliphatic rings. The maximum absolute atomic E-state index is 3.74. The Labute approximate surface area is 128 Å². The standard InChI is InChI=1S/C20H25N/c1-3-20(17-10-8-15(2)9-11-17)21-14-18-6-4-5-7-19(18)16-12-13-16/h4-11,16,20-21H,3,12-14H2,1-2H3. The molecule has 0 saturated heterocycles. The lowest BCUT2D eigenvalue weighted by molar-refractivity contribution is 0.517. The number of aryl methyl sites for hydroxylation is 1. The summed E-state index contributed by atoms with van der Waals surface area (Å²) < 4.78 is 0. The summed E-state index contributed by atoms with van der Waals surface area (Å²) in [7, 11) is 0. The Kier molecular flexibility index (Phi) is 4.40. The molecule has 0 bridgehead atoms. The molecule has 0 heterocycles. The quantitative estimate of drug-likeness (QED) is 0.774. The van der Waals surface area contributed by atoms with Gasteiger partial charge in [-0.1, -0.05) is 61.0 Å². The van der Waals surface area contributed by atoms with E-state index in [-0.39, 0.29) is 0 Å². The van der Waals surface area contributed by atoms with E-state index in [1.165, 1.54) is 29.5 Å². The van der Waals surface area contributed by atoms with E-state index >= 15 is 0 Å². The summed E-state index contributed by atoms with van der Waals surface area (Å²) in [5.41, 5.74) is 5.76. The smallest absolute Gasteiger partial charge is 0.0320 e. The molecule has 0 aromatic heterocycles. The van der Waals surface area contributed by atoms with Crippen molar-refractivity contribution in [1.82, 2.24) is 5.32 Å². The van der Waals surface area contributed by atoms with E-state index in [1.54, 1.807) is 5.56 Å². The fraction of sp³-hybridized carbons (Fsp3) is 0.400. The fourth-order valence-electron chi connectivity index (χ4n) is 3.02. The second kappa shape index (κ2) is 6.44. The highest BCUT2D eigenvalue weighted by molar-refractivity contribution is 5.33. The van der Waals surface area contributed by atoms with Crippen molar-refractivity contribution in [3.63, 3.8) is 0 Å². The van der Waals surface area contributed by atoms with E-state index in [0.29, 0.717) is 6.04 Å². The molecular formula is C20H25N. The van der Waals surface area contributed by atoms with E-state index in [9.17, 15) is 0 Å². The zero-order valence-corrected chi connectivity index (χ0v) is 13.1. The lowest BCUT2D eigenvalue weighted by Gasteiger charge is -2.19. The molecule has 1 nitrogen and oxygen atoms in total. The van der Waals surface area contributed by atoms with E-state index in [0.717, 1.165) is 18.9 Å². The summed E-state index contributed by atoms with van der Waals surface area (Å²) in [6, 6.07) is 18.3. The van der Waals surface area contributed by atoms with Gasteiger partial charge in [0.1, 0.15) is 0 Å². The van der Waals surface area contributed by atoms with Crippen molar-refractivity contribution in [1.29, 1.82) is 0 Å². The first kappa shape index (κ1) is 14.3. The molecule has 21 heavy (non-hydrogen) atoms. The van der Waals surface area contributed by atoms with Crippen LogP contribution in [0.15, 0.2) is 48.5 Å². The van der Waals surface area contributed by atoms with E-state index in [4.69, 9.17) is 0 Å². The molecular weight excluding hydrogens is 254 g/mol. The Morgan fingerprint density at radius 2 is 1.76 bits per heavy atom. The van der Waals surface area contributed by atoms with Crippen LogP contribution >= 0.6 is 0 Å². The van der Waals surface area contributed by atoms with E-state index < -0.39 is 0 Å². The number of rotatable bonds is 6. The van der Waals surface area contributed by atoms with Crippen LogP contribution in [0.1, 0.15) is 60.4 Å². The molecule has 1 saturated carbocycles. The molecule has 1 unspecified atom stereocenters. The molecule has 0 radical (unpaired) electrons. The Balaban J connectivity index is 1.69. The van der Waals surface area contributed by atoms with Gasteiger partial charge in [-0.25, -0.2) is 0 Å². The number of hydrogen-bond donors (Lipinski definition) is 1. The van der Waals surface area contributed by atoms with Gasteiger partial charge in [0.25, 0.3) is 0 Å². The molecule has 1 heteroatoms. The lowest BCUT2D eigenvalue weighted by Crippen LogP contribution is -2.20. The van der Waals surface area contributed by atoms with Gasteiger partial charge >= 0.3 is 0 Å². The zero-order valence-electron chi connectivity index (χ0n) is 13.1. The first-order chi connectivity index (χ1) is 10.3. The van der Waals surface area contributed by atoms with Crippen LogP contribution < -0.4 is 5.32 Å². The maximum Gasteiger partial charge on any atom is 0.0320 e. The van der Waals surface area contributed by atoms with Gasteiger partial charge in [0, 0.05) is 12.6 Å². The van der Waals surface area contributed by atoms with Gasteiger partial charge < -0.3 is 5.32 Å². The van der Waals surface area contributed by atoms with Crippen molar-refractivity contribution in [3.8, 4) is 0 Å². The Hall–Kier alpha value is -1.60. The summed E-state index contributed by atoms with van der Waals surface area (Å²) in [6.07, 6.45) is 3.85. The third-order valence-electron chi connectivity index (χ3n) is 4.50. The molecule has 0 aliphatic heterocycles. The second-order valence-electron chi connectivity index (χ2n) is 6.23. The molecule has 2 aromatic carbocycles. The first-order valence-electron chi connectivity index (χ1n) is 8.15. The summed E-state index contributed by atoms with van der Waals surface area (Å²) in [5.74, 6) is 0.822. The van der Waals surface area contributed by atoms with Gasteiger partial charge in [0.2, 0.25) is 0 Å². The Morgan fingerprint density at radius 1 is 1.05 bits per heavy atom. The number of benzene rings is 2. The van der Waals surface area contributed by atoms with Crippen molar-refractivity contribution in [2.75, 3.05) is 0 Å². The minimum absolute atomic E-state index is 0.442. The van der Waals surface area contributed by atoms with Gasteiger partial charge in [-0.15, -0.1) is 0 Å². The van der Waals surface area contributed by atoms with Crippen molar-refractivity contribution in [2.24, 2.45) is 0 Å². The zero-order chi connectivity index (χ0) is 14.7.